The first-order valence-corrected chi connectivity index (χ1v) is 7.73. The van der Waals surface area contributed by atoms with Gasteiger partial charge < -0.3 is 10.4 Å². The molecule has 0 heterocycles. The van der Waals surface area contributed by atoms with Crippen molar-refractivity contribution in [1.29, 1.82) is 0 Å². The van der Waals surface area contributed by atoms with Gasteiger partial charge in [-0.25, -0.2) is 0 Å². The zero-order chi connectivity index (χ0) is 15.8. The number of amides is 1. The van der Waals surface area contributed by atoms with Crippen LogP contribution in [0.15, 0.2) is 18.2 Å². The maximum absolute atomic E-state index is 12.2. The van der Waals surface area contributed by atoms with Gasteiger partial charge in [0.25, 0.3) is 0 Å². The predicted octanol–water partition coefficient (Wildman–Crippen LogP) is 2.72. The van der Waals surface area contributed by atoms with Gasteiger partial charge in [0.2, 0.25) is 5.91 Å². The predicted molar refractivity (Wildman–Crippen MR) is 87.6 cm³/mol. The van der Waals surface area contributed by atoms with E-state index in [0.717, 1.165) is 18.5 Å². The summed E-state index contributed by atoms with van der Waals surface area (Å²) in [5, 5.41) is 12.1. The minimum Gasteiger partial charge on any atom is -0.395 e. The van der Waals surface area contributed by atoms with Crippen molar-refractivity contribution >= 4 is 11.6 Å². The van der Waals surface area contributed by atoms with Gasteiger partial charge in [0.1, 0.15) is 0 Å². The lowest BCUT2D eigenvalue weighted by molar-refractivity contribution is -0.118. The number of aliphatic hydroxyl groups is 1. The van der Waals surface area contributed by atoms with Gasteiger partial charge in [-0.05, 0) is 49.9 Å². The first kappa shape index (κ1) is 17.7. The summed E-state index contributed by atoms with van der Waals surface area (Å²) in [4.78, 5) is 14.2. The molecule has 0 saturated carbocycles. The highest BCUT2D eigenvalue weighted by molar-refractivity contribution is 5.92. The summed E-state index contributed by atoms with van der Waals surface area (Å²) >= 11 is 0. The Kier molecular flexibility index (Phi) is 7.40. The van der Waals surface area contributed by atoms with Gasteiger partial charge in [0, 0.05) is 18.3 Å². The second kappa shape index (κ2) is 8.80. The Bertz CT molecular complexity index is 456. The van der Waals surface area contributed by atoms with Crippen LogP contribution in [-0.2, 0) is 4.79 Å². The van der Waals surface area contributed by atoms with Crippen molar-refractivity contribution in [2.24, 2.45) is 0 Å². The van der Waals surface area contributed by atoms with Crippen LogP contribution in [0, 0.1) is 13.8 Å². The molecule has 0 atom stereocenters. The van der Waals surface area contributed by atoms with Crippen LogP contribution in [-0.4, -0.2) is 41.7 Å². The van der Waals surface area contributed by atoms with Crippen LogP contribution in [0.5, 0.6) is 0 Å². The molecule has 1 aromatic rings. The Morgan fingerprint density at radius 3 is 2.43 bits per heavy atom. The summed E-state index contributed by atoms with van der Waals surface area (Å²) in [5.74, 6) is -0.0291. The molecular weight excluding hydrogens is 264 g/mol. The van der Waals surface area contributed by atoms with Crippen LogP contribution in [0.1, 0.15) is 37.8 Å². The van der Waals surface area contributed by atoms with E-state index in [9.17, 15) is 9.90 Å². The van der Waals surface area contributed by atoms with Gasteiger partial charge >= 0.3 is 0 Å². The van der Waals surface area contributed by atoms with E-state index in [4.69, 9.17) is 0 Å². The molecule has 0 aliphatic carbocycles. The fraction of sp³-hybridized carbons (Fsp3) is 0.588. The van der Waals surface area contributed by atoms with E-state index in [-0.39, 0.29) is 12.5 Å². The number of hydrogen-bond donors (Lipinski definition) is 2. The minimum atomic E-state index is -0.0291. The fourth-order valence-corrected chi connectivity index (χ4v) is 2.53. The standard InChI is InChI=1S/C17H28N2O2/c1-5-16(6-2)19(9-10-20)12-17(21)18-15-8-7-13(3)14(4)11-15/h7-8,11,16,20H,5-6,9-10,12H2,1-4H3,(H,18,21). The summed E-state index contributed by atoms with van der Waals surface area (Å²) in [5.41, 5.74) is 3.21. The molecule has 1 rings (SSSR count). The maximum atomic E-state index is 12.2. The zero-order valence-electron chi connectivity index (χ0n) is 13.6. The summed E-state index contributed by atoms with van der Waals surface area (Å²) in [6.45, 7) is 9.24. The van der Waals surface area contributed by atoms with Crippen molar-refractivity contribution in [2.45, 2.75) is 46.6 Å². The second-order valence-electron chi connectivity index (χ2n) is 5.51. The first-order chi connectivity index (χ1) is 10.0. The Labute approximate surface area is 128 Å². The monoisotopic (exact) mass is 292 g/mol. The number of benzene rings is 1. The van der Waals surface area contributed by atoms with Crippen LogP contribution in [0.3, 0.4) is 0 Å². The van der Waals surface area contributed by atoms with Crippen molar-refractivity contribution < 1.29 is 9.90 Å². The van der Waals surface area contributed by atoms with Gasteiger partial charge in [-0.3, -0.25) is 9.69 Å². The molecule has 0 aliphatic rings. The zero-order valence-corrected chi connectivity index (χ0v) is 13.6. The SMILES string of the molecule is CCC(CC)N(CCO)CC(=O)Nc1ccc(C)c(C)c1. The van der Waals surface area contributed by atoms with E-state index in [1.807, 2.05) is 25.1 Å². The molecule has 2 N–H and O–H groups in total. The van der Waals surface area contributed by atoms with E-state index < -0.39 is 0 Å². The number of anilines is 1. The van der Waals surface area contributed by atoms with Crippen LogP contribution >= 0.6 is 0 Å². The van der Waals surface area contributed by atoms with Crippen LogP contribution in [0.2, 0.25) is 0 Å². The van der Waals surface area contributed by atoms with Crippen LogP contribution in [0.4, 0.5) is 5.69 Å². The van der Waals surface area contributed by atoms with Gasteiger partial charge in [0.15, 0.2) is 0 Å². The summed E-state index contributed by atoms with van der Waals surface area (Å²) in [6, 6.07) is 6.26. The molecule has 0 radical (unpaired) electrons. The molecule has 1 aromatic carbocycles. The van der Waals surface area contributed by atoms with Crippen LogP contribution in [0.25, 0.3) is 0 Å². The van der Waals surface area contributed by atoms with Crippen molar-refractivity contribution in [1.82, 2.24) is 4.90 Å². The quantitative estimate of drug-likeness (QED) is 0.774. The molecule has 0 unspecified atom stereocenters. The summed E-state index contributed by atoms with van der Waals surface area (Å²) in [7, 11) is 0. The van der Waals surface area contributed by atoms with E-state index in [0.29, 0.717) is 19.1 Å². The molecule has 0 fully saturated rings. The van der Waals surface area contributed by atoms with Gasteiger partial charge in [0.05, 0.1) is 13.2 Å². The van der Waals surface area contributed by atoms with E-state index in [1.54, 1.807) is 0 Å². The number of rotatable bonds is 8. The molecular formula is C17H28N2O2. The Morgan fingerprint density at radius 1 is 1.24 bits per heavy atom. The molecule has 1 amide bonds. The van der Waals surface area contributed by atoms with Crippen molar-refractivity contribution in [2.75, 3.05) is 25.0 Å². The third-order valence-electron chi connectivity index (χ3n) is 3.98. The number of hydrogen-bond acceptors (Lipinski definition) is 3. The molecule has 4 nitrogen and oxygen atoms in total. The lowest BCUT2D eigenvalue weighted by atomic mass is 10.1. The van der Waals surface area contributed by atoms with E-state index in [1.165, 1.54) is 11.1 Å². The van der Waals surface area contributed by atoms with Crippen molar-refractivity contribution in [3.63, 3.8) is 0 Å². The Balaban J connectivity index is 2.66. The minimum absolute atomic E-state index is 0.0291. The molecule has 0 aliphatic heterocycles. The van der Waals surface area contributed by atoms with Crippen molar-refractivity contribution in [3.05, 3.63) is 29.3 Å². The third kappa shape index (κ3) is 5.48. The average Bonchev–Trinajstić information content (AvgIpc) is 2.44. The van der Waals surface area contributed by atoms with Crippen LogP contribution < -0.4 is 5.32 Å². The highest BCUT2D eigenvalue weighted by Gasteiger charge is 2.17. The number of nitrogens with one attached hydrogen (secondary N) is 1. The second-order valence-corrected chi connectivity index (χ2v) is 5.51. The number of nitrogens with zero attached hydrogens (tertiary/aromatic N) is 1. The number of aliphatic hydroxyl groups excluding tert-OH is 1. The van der Waals surface area contributed by atoms with Gasteiger partial charge in [-0.2, -0.15) is 0 Å². The number of aryl methyl sites for hydroxylation is 2. The molecule has 21 heavy (non-hydrogen) atoms. The molecule has 0 saturated heterocycles. The maximum Gasteiger partial charge on any atom is 0.238 e. The highest BCUT2D eigenvalue weighted by Crippen LogP contribution is 2.14. The summed E-state index contributed by atoms with van der Waals surface area (Å²) < 4.78 is 0. The smallest absolute Gasteiger partial charge is 0.238 e. The Hall–Kier alpha value is -1.39. The summed E-state index contributed by atoms with van der Waals surface area (Å²) in [6.07, 6.45) is 1.96. The Morgan fingerprint density at radius 2 is 1.90 bits per heavy atom. The average molecular weight is 292 g/mol. The third-order valence-corrected chi connectivity index (χ3v) is 3.98. The lowest BCUT2D eigenvalue weighted by Crippen LogP contribution is -2.42. The first-order valence-electron chi connectivity index (χ1n) is 7.73. The van der Waals surface area contributed by atoms with Gasteiger partial charge in [-0.1, -0.05) is 19.9 Å². The van der Waals surface area contributed by atoms with Crippen molar-refractivity contribution in [3.8, 4) is 0 Å². The molecule has 0 bridgehead atoms. The molecule has 0 spiro atoms. The molecule has 4 heteroatoms. The fourth-order valence-electron chi connectivity index (χ4n) is 2.53. The molecule has 118 valence electrons. The van der Waals surface area contributed by atoms with Gasteiger partial charge in [-0.15, -0.1) is 0 Å². The number of carbonyl (C=O) groups excluding carboxylic acids is 1. The highest BCUT2D eigenvalue weighted by atomic mass is 16.3. The van der Waals surface area contributed by atoms with E-state index in [2.05, 4.69) is 31.0 Å². The lowest BCUT2D eigenvalue weighted by Gasteiger charge is -2.29. The number of carbonyl (C=O) groups is 1. The molecule has 0 aromatic heterocycles. The normalized spacial score (nSPS) is 11.2. The largest absolute Gasteiger partial charge is 0.395 e. The van der Waals surface area contributed by atoms with E-state index >= 15 is 0 Å². The topological polar surface area (TPSA) is 52.6 Å².